The molecule has 5 nitrogen and oxygen atoms in total. The van der Waals surface area contributed by atoms with Crippen LogP contribution in [-0.2, 0) is 16.0 Å². The summed E-state index contributed by atoms with van der Waals surface area (Å²) in [4.78, 5) is 22.6. The van der Waals surface area contributed by atoms with Crippen molar-refractivity contribution in [2.75, 3.05) is 11.9 Å². The quantitative estimate of drug-likeness (QED) is 0.512. The maximum Gasteiger partial charge on any atom is 0.308 e. The number of ether oxygens (including phenoxy) is 2. The van der Waals surface area contributed by atoms with Crippen molar-refractivity contribution in [3.8, 4) is 11.5 Å². The number of anilines is 1. The Morgan fingerprint density at radius 1 is 1.42 bits per heavy atom. The number of hydrogen-bond acceptors (Lipinski definition) is 4. The van der Waals surface area contributed by atoms with E-state index in [-0.39, 0.29) is 11.9 Å². The minimum Gasteiger partial charge on any atom is -0.487 e. The smallest absolute Gasteiger partial charge is 0.308 e. The Morgan fingerprint density at radius 2 is 2.16 bits per heavy atom. The highest BCUT2D eigenvalue weighted by atomic mass is 16.5. The minimum atomic E-state index is -0.390. The summed E-state index contributed by atoms with van der Waals surface area (Å²) in [5, 5.41) is 2.76. The highest BCUT2D eigenvalue weighted by molar-refractivity contribution is 5.96. The third-order valence-electron chi connectivity index (χ3n) is 2.71. The normalized spacial score (nSPS) is 13.2. The Kier molecular flexibility index (Phi) is 3.85. The zero-order chi connectivity index (χ0) is 13.8. The molecule has 0 aromatic heterocycles. The van der Waals surface area contributed by atoms with Crippen LogP contribution in [0.1, 0.15) is 18.9 Å². The first-order valence-electron chi connectivity index (χ1n) is 5.99. The third kappa shape index (κ3) is 2.93. The summed E-state index contributed by atoms with van der Waals surface area (Å²) in [7, 11) is 0. The van der Waals surface area contributed by atoms with Gasteiger partial charge in [0.1, 0.15) is 18.1 Å². The van der Waals surface area contributed by atoms with Crippen LogP contribution in [0.2, 0.25) is 0 Å². The Bertz CT molecular complexity index is 536. The molecule has 5 heteroatoms. The van der Waals surface area contributed by atoms with Crippen molar-refractivity contribution in [2.24, 2.45) is 0 Å². The van der Waals surface area contributed by atoms with E-state index in [0.717, 1.165) is 5.56 Å². The minimum absolute atomic E-state index is 0.0732. The fraction of sp³-hybridized carbons (Fsp3) is 0.286. The first kappa shape index (κ1) is 13.1. The summed E-state index contributed by atoms with van der Waals surface area (Å²) in [6.07, 6.45) is 2.51. The molecular formula is C14H15NO4. The van der Waals surface area contributed by atoms with Gasteiger partial charge in [0, 0.05) is 18.9 Å². The van der Waals surface area contributed by atoms with Gasteiger partial charge < -0.3 is 14.8 Å². The van der Waals surface area contributed by atoms with E-state index in [1.54, 1.807) is 18.2 Å². The first-order valence-corrected chi connectivity index (χ1v) is 5.99. The molecule has 0 unspecified atom stereocenters. The zero-order valence-corrected chi connectivity index (χ0v) is 10.7. The number of benzene rings is 1. The fourth-order valence-electron chi connectivity index (χ4n) is 1.95. The number of fused-ring (bicyclic) bond motifs is 1. The fourth-order valence-corrected chi connectivity index (χ4v) is 1.95. The standard InChI is InChI=1S/C14H15NO4/c1-3-8-18-12-6-5-11(19-9(2)16)10-4-7-13(17)15-14(10)12/h3,5-6H,1,4,7-8H2,2H3,(H,15,17). The van der Waals surface area contributed by atoms with E-state index >= 15 is 0 Å². The number of carbonyl (C=O) groups excluding carboxylic acids is 2. The van der Waals surface area contributed by atoms with E-state index in [2.05, 4.69) is 11.9 Å². The largest absolute Gasteiger partial charge is 0.487 e. The lowest BCUT2D eigenvalue weighted by Gasteiger charge is -2.22. The summed E-state index contributed by atoms with van der Waals surface area (Å²) < 4.78 is 10.6. The van der Waals surface area contributed by atoms with E-state index in [9.17, 15) is 9.59 Å². The van der Waals surface area contributed by atoms with Crippen LogP contribution < -0.4 is 14.8 Å². The number of nitrogens with one attached hydrogen (secondary N) is 1. The molecule has 2 rings (SSSR count). The molecule has 0 saturated heterocycles. The lowest BCUT2D eigenvalue weighted by molar-refractivity contribution is -0.131. The molecular weight excluding hydrogens is 246 g/mol. The number of amides is 1. The van der Waals surface area contributed by atoms with Gasteiger partial charge >= 0.3 is 5.97 Å². The van der Waals surface area contributed by atoms with Crippen LogP contribution in [0.15, 0.2) is 24.8 Å². The average Bonchev–Trinajstić information content (AvgIpc) is 2.37. The first-order chi connectivity index (χ1) is 9.11. The van der Waals surface area contributed by atoms with Crippen molar-refractivity contribution in [3.63, 3.8) is 0 Å². The van der Waals surface area contributed by atoms with Gasteiger partial charge in [0.05, 0.1) is 5.69 Å². The molecule has 1 N–H and O–H groups in total. The maximum absolute atomic E-state index is 11.5. The molecule has 0 fully saturated rings. The molecule has 1 amide bonds. The number of hydrogen-bond donors (Lipinski definition) is 1. The van der Waals surface area contributed by atoms with Gasteiger partial charge in [-0.05, 0) is 18.6 Å². The molecule has 0 spiro atoms. The van der Waals surface area contributed by atoms with Crippen LogP contribution in [0.25, 0.3) is 0 Å². The van der Waals surface area contributed by atoms with Crippen molar-refractivity contribution in [1.29, 1.82) is 0 Å². The van der Waals surface area contributed by atoms with Crippen molar-refractivity contribution in [1.82, 2.24) is 0 Å². The second-order valence-electron chi connectivity index (χ2n) is 4.16. The average molecular weight is 261 g/mol. The molecule has 1 aromatic carbocycles. The second kappa shape index (κ2) is 5.56. The molecule has 0 atom stereocenters. The highest BCUT2D eigenvalue weighted by Crippen LogP contribution is 2.38. The van der Waals surface area contributed by atoms with Crippen LogP contribution >= 0.6 is 0 Å². The molecule has 0 bridgehead atoms. The summed E-state index contributed by atoms with van der Waals surface area (Å²) in [6.45, 7) is 5.26. The lowest BCUT2D eigenvalue weighted by atomic mass is 10.0. The monoisotopic (exact) mass is 261 g/mol. The van der Waals surface area contributed by atoms with Crippen molar-refractivity contribution in [2.45, 2.75) is 19.8 Å². The number of rotatable bonds is 4. The van der Waals surface area contributed by atoms with Crippen LogP contribution in [0.3, 0.4) is 0 Å². The molecule has 1 aliphatic heterocycles. The van der Waals surface area contributed by atoms with Crippen molar-refractivity contribution in [3.05, 3.63) is 30.4 Å². The van der Waals surface area contributed by atoms with Gasteiger partial charge in [0.25, 0.3) is 0 Å². The Hall–Kier alpha value is -2.30. The summed E-state index contributed by atoms with van der Waals surface area (Å²) in [6, 6.07) is 3.35. The Morgan fingerprint density at radius 3 is 2.84 bits per heavy atom. The van der Waals surface area contributed by atoms with E-state index in [1.807, 2.05) is 0 Å². The van der Waals surface area contributed by atoms with Crippen molar-refractivity contribution < 1.29 is 19.1 Å². The third-order valence-corrected chi connectivity index (χ3v) is 2.71. The molecule has 0 radical (unpaired) electrons. The van der Waals surface area contributed by atoms with Crippen molar-refractivity contribution >= 4 is 17.6 Å². The van der Waals surface area contributed by atoms with Crippen LogP contribution in [0.5, 0.6) is 11.5 Å². The molecule has 1 aliphatic rings. The Balaban J connectivity index is 2.40. The van der Waals surface area contributed by atoms with Gasteiger partial charge in [0.2, 0.25) is 5.91 Å². The van der Waals surface area contributed by atoms with E-state index in [1.165, 1.54) is 6.92 Å². The van der Waals surface area contributed by atoms with E-state index in [0.29, 0.717) is 36.6 Å². The van der Waals surface area contributed by atoms with Gasteiger partial charge in [-0.15, -0.1) is 0 Å². The predicted molar refractivity (Wildman–Crippen MR) is 70.4 cm³/mol. The van der Waals surface area contributed by atoms with Crippen LogP contribution in [0, 0.1) is 0 Å². The zero-order valence-electron chi connectivity index (χ0n) is 10.7. The molecule has 1 aromatic rings. The highest BCUT2D eigenvalue weighted by Gasteiger charge is 2.23. The van der Waals surface area contributed by atoms with E-state index < -0.39 is 0 Å². The van der Waals surface area contributed by atoms with Gasteiger partial charge in [0.15, 0.2) is 0 Å². The van der Waals surface area contributed by atoms with Gasteiger partial charge in [-0.25, -0.2) is 0 Å². The molecule has 1 heterocycles. The molecule has 19 heavy (non-hydrogen) atoms. The molecule has 0 saturated carbocycles. The summed E-state index contributed by atoms with van der Waals surface area (Å²) in [5.41, 5.74) is 1.37. The summed E-state index contributed by atoms with van der Waals surface area (Å²) >= 11 is 0. The van der Waals surface area contributed by atoms with Crippen LogP contribution in [0.4, 0.5) is 5.69 Å². The predicted octanol–water partition coefficient (Wildman–Crippen LogP) is 2.06. The van der Waals surface area contributed by atoms with Gasteiger partial charge in [-0.1, -0.05) is 12.7 Å². The number of carbonyl (C=O) groups is 2. The van der Waals surface area contributed by atoms with Crippen LogP contribution in [-0.4, -0.2) is 18.5 Å². The lowest BCUT2D eigenvalue weighted by Crippen LogP contribution is -2.21. The molecule has 0 aliphatic carbocycles. The maximum atomic E-state index is 11.5. The topological polar surface area (TPSA) is 64.6 Å². The van der Waals surface area contributed by atoms with Gasteiger partial charge in [-0.2, -0.15) is 0 Å². The number of esters is 1. The molecule has 100 valence electrons. The SMILES string of the molecule is C=CCOc1ccc(OC(C)=O)c2c1NC(=O)CC2. The van der Waals surface area contributed by atoms with E-state index in [4.69, 9.17) is 9.47 Å². The summed E-state index contributed by atoms with van der Waals surface area (Å²) in [5.74, 6) is 0.557. The Labute approximate surface area is 111 Å². The second-order valence-corrected chi connectivity index (χ2v) is 4.16. The van der Waals surface area contributed by atoms with Gasteiger partial charge in [-0.3, -0.25) is 9.59 Å².